The van der Waals surface area contributed by atoms with E-state index in [1.54, 1.807) is 42.5 Å². The molecule has 4 rings (SSSR count). The van der Waals surface area contributed by atoms with Gasteiger partial charge in [-0.25, -0.2) is 4.79 Å². The number of piperidine rings is 1. The first-order valence-corrected chi connectivity index (χ1v) is 12.6. The second-order valence-corrected chi connectivity index (χ2v) is 9.78. The molecule has 3 aromatic carbocycles. The quantitative estimate of drug-likeness (QED) is 0.147. The molecule has 0 unspecified atom stereocenters. The van der Waals surface area contributed by atoms with Gasteiger partial charge in [-0.05, 0) is 68.1 Å². The van der Waals surface area contributed by atoms with Crippen LogP contribution < -0.4 is 0 Å². The van der Waals surface area contributed by atoms with Crippen molar-refractivity contribution in [2.75, 3.05) is 13.1 Å². The molecule has 1 aliphatic rings. The number of hydrogen-bond acceptors (Lipinski definition) is 5. The molecule has 0 aliphatic carbocycles. The lowest BCUT2D eigenvalue weighted by atomic mass is 9.99. The van der Waals surface area contributed by atoms with Gasteiger partial charge in [0.25, 0.3) is 0 Å². The Morgan fingerprint density at radius 2 is 1.41 bits per heavy atom. The molecule has 0 atom stereocenters. The van der Waals surface area contributed by atoms with Crippen molar-refractivity contribution in [2.45, 2.75) is 42.2 Å². The van der Waals surface area contributed by atoms with Gasteiger partial charge in [-0.3, -0.25) is 9.63 Å². The lowest BCUT2D eigenvalue weighted by molar-refractivity contribution is -0.0605. The van der Waals surface area contributed by atoms with Crippen molar-refractivity contribution in [3.63, 3.8) is 0 Å². The summed E-state index contributed by atoms with van der Waals surface area (Å²) in [6.45, 7) is 2.78. The van der Waals surface area contributed by atoms with Gasteiger partial charge in [0.05, 0.1) is 0 Å². The van der Waals surface area contributed by atoms with E-state index in [4.69, 9.17) is 0 Å². The first-order valence-electron chi connectivity index (χ1n) is 11.8. The third-order valence-corrected chi connectivity index (χ3v) is 6.98. The highest BCUT2D eigenvalue weighted by molar-refractivity contribution is 7.99. The summed E-state index contributed by atoms with van der Waals surface area (Å²) in [4.78, 5) is 32.4. The van der Waals surface area contributed by atoms with Crippen LogP contribution in [0.5, 0.6) is 0 Å². The Morgan fingerprint density at radius 1 is 0.838 bits per heavy atom. The number of likely N-dealkylation sites (tertiary alicyclic amines) is 1. The van der Waals surface area contributed by atoms with Gasteiger partial charge in [0.1, 0.15) is 0 Å². The van der Waals surface area contributed by atoms with Gasteiger partial charge in [-0.15, -0.1) is 0 Å². The number of alkyl halides is 3. The van der Waals surface area contributed by atoms with E-state index in [0.29, 0.717) is 29.1 Å². The van der Waals surface area contributed by atoms with Gasteiger partial charge in [0.15, 0.2) is 11.5 Å². The number of nitrogens with zero attached hydrogens (tertiary/aromatic N) is 2. The average molecular weight is 527 g/mol. The first kappa shape index (κ1) is 26.5. The van der Waals surface area contributed by atoms with Crippen LogP contribution in [0.1, 0.15) is 46.3 Å². The van der Waals surface area contributed by atoms with Crippen LogP contribution in [0.25, 0.3) is 0 Å². The second kappa shape index (κ2) is 11.6. The summed E-state index contributed by atoms with van der Waals surface area (Å²) in [5, 5.41) is 3.17. The minimum atomic E-state index is -4.80. The van der Waals surface area contributed by atoms with Crippen LogP contribution in [-0.4, -0.2) is 41.8 Å². The third-order valence-electron chi connectivity index (χ3n) is 5.97. The summed E-state index contributed by atoms with van der Waals surface area (Å²) in [7, 11) is 0. The normalized spacial score (nSPS) is 14.4. The Kier molecular flexibility index (Phi) is 8.33. The molecule has 0 bridgehead atoms. The molecular formula is C28H25F3N2O3S. The Morgan fingerprint density at radius 3 is 1.97 bits per heavy atom. The van der Waals surface area contributed by atoms with Crippen molar-refractivity contribution < 1.29 is 27.6 Å². The molecule has 1 saturated heterocycles. The molecule has 1 amide bonds. The van der Waals surface area contributed by atoms with Crippen molar-refractivity contribution in [3.05, 3.63) is 95.1 Å². The van der Waals surface area contributed by atoms with Gasteiger partial charge >= 0.3 is 12.3 Å². The molecule has 0 radical (unpaired) electrons. The smallest absolute Gasteiger partial charge is 0.306 e. The largest absolute Gasteiger partial charge is 0.437 e. The highest BCUT2D eigenvalue weighted by Gasteiger charge is 2.38. The van der Waals surface area contributed by atoms with E-state index in [2.05, 4.69) is 9.99 Å². The van der Waals surface area contributed by atoms with E-state index in [0.717, 1.165) is 29.7 Å². The molecule has 1 heterocycles. The van der Waals surface area contributed by atoms with E-state index in [1.807, 2.05) is 25.1 Å². The summed E-state index contributed by atoms with van der Waals surface area (Å²) >= 11 is 1.35. The monoisotopic (exact) mass is 526 g/mol. The zero-order chi connectivity index (χ0) is 26.4. The third kappa shape index (κ3) is 6.80. The Balaban J connectivity index is 1.43. The van der Waals surface area contributed by atoms with Gasteiger partial charge in [-0.2, -0.15) is 13.2 Å². The number of halogens is 3. The highest BCUT2D eigenvalue weighted by Crippen LogP contribution is 2.30. The molecule has 0 aromatic heterocycles. The molecule has 1 fully saturated rings. The highest BCUT2D eigenvalue weighted by atomic mass is 32.2. The molecule has 0 saturated carbocycles. The standard InChI is InChI=1S/C28H25F3N2O3S/c1-19-7-3-4-8-24(19)25(34)20-9-13-22(14-10-20)37-23-15-11-21(12-16-23)26(28(29,30)31)32-36-27(35)33-17-5-2-6-18-33/h3-4,7-16H,2,5-6,17-18H2,1H3/b32-26-. The summed E-state index contributed by atoms with van der Waals surface area (Å²) in [6, 6.07) is 20.1. The number of ketones is 1. The van der Waals surface area contributed by atoms with Crippen LogP contribution in [0, 0.1) is 6.92 Å². The number of carbonyl (C=O) groups is 2. The minimum Gasteiger partial charge on any atom is -0.306 e. The number of rotatable bonds is 6. The van der Waals surface area contributed by atoms with Crippen LogP contribution >= 0.6 is 11.8 Å². The fourth-order valence-corrected chi connectivity index (χ4v) is 4.78. The predicted octanol–water partition coefficient (Wildman–Crippen LogP) is 7.27. The van der Waals surface area contributed by atoms with E-state index in [1.165, 1.54) is 28.8 Å². The number of benzene rings is 3. The van der Waals surface area contributed by atoms with Gasteiger partial charge in [-0.1, -0.05) is 53.3 Å². The molecular weight excluding hydrogens is 501 g/mol. The molecule has 1 aliphatic heterocycles. The minimum absolute atomic E-state index is 0.0704. The molecule has 9 heteroatoms. The van der Waals surface area contributed by atoms with E-state index in [-0.39, 0.29) is 11.3 Å². The van der Waals surface area contributed by atoms with E-state index < -0.39 is 18.0 Å². The number of hydrogen-bond donors (Lipinski definition) is 0. The van der Waals surface area contributed by atoms with Crippen molar-refractivity contribution in [1.29, 1.82) is 0 Å². The van der Waals surface area contributed by atoms with Crippen LogP contribution in [0.4, 0.5) is 18.0 Å². The Hall–Kier alpha value is -3.59. The topological polar surface area (TPSA) is 59.0 Å². The van der Waals surface area contributed by atoms with Crippen molar-refractivity contribution in [1.82, 2.24) is 4.90 Å². The molecule has 37 heavy (non-hydrogen) atoms. The van der Waals surface area contributed by atoms with E-state index in [9.17, 15) is 22.8 Å². The number of carbonyl (C=O) groups excluding carboxylic acids is 2. The summed E-state index contributed by atoms with van der Waals surface area (Å²) in [5.74, 6) is -0.0704. The van der Waals surface area contributed by atoms with Crippen LogP contribution in [0.2, 0.25) is 0 Å². The lowest BCUT2D eigenvalue weighted by Gasteiger charge is -2.24. The maximum atomic E-state index is 13.6. The number of amides is 1. The Bertz CT molecular complexity index is 1280. The molecule has 192 valence electrons. The van der Waals surface area contributed by atoms with Crippen LogP contribution in [0.15, 0.2) is 87.7 Å². The zero-order valence-corrected chi connectivity index (χ0v) is 20.9. The predicted molar refractivity (Wildman–Crippen MR) is 136 cm³/mol. The van der Waals surface area contributed by atoms with Crippen LogP contribution in [-0.2, 0) is 4.84 Å². The summed E-state index contributed by atoms with van der Waals surface area (Å²) in [5.41, 5.74) is 0.617. The molecule has 0 spiro atoms. The van der Waals surface area contributed by atoms with Gasteiger partial charge < -0.3 is 4.90 Å². The van der Waals surface area contributed by atoms with Crippen molar-refractivity contribution in [3.8, 4) is 0 Å². The SMILES string of the molecule is Cc1ccccc1C(=O)c1ccc(Sc2ccc(/C(=N/OC(=O)N3CCCCC3)C(F)(F)F)cc2)cc1. The fourth-order valence-electron chi connectivity index (χ4n) is 3.96. The fraction of sp³-hybridized carbons (Fsp3) is 0.250. The summed E-state index contributed by atoms with van der Waals surface area (Å²) in [6.07, 6.45) is -3.12. The van der Waals surface area contributed by atoms with Gasteiger partial charge in [0.2, 0.25) is 0 Å². The Labute approximate surface area is 217 Å². The van der Waals surface area contributed by atoms with Crippen LogP contribution in [0.3, 0.4) is 0 Å². The maximum Gasteiger partial charge on any atom is 0.437 e. The summed E-state index contributed by atoms with van der Waals surface area (Å²) < 4.78 is 40.9. The second-order valence-electron chi connectivity index (χ2n) is 8.64. The zero-order valence-electron chi connectivity index (χ0n) is 20.1. The average Bonchev–Trinajstić information content (AvgIpc) is 2.90. The van der Waals surface area contributed by atoms with Gasteiger partial charge in [0, 0.05) is 39.6 Å². The number of aryl methyl sites for hydroxylation is 1. The van der Waals surface area contributed by atoms with Crippen molar-refractivity contribution in [2.24, 2.45) is 5.16 Å². The van der Waals surface area contributed by atoms with Crippen molar-refractivity contribution >= 4 is 29.4 Å². The van der Waals surface area contributed by atoms with E-state index >= 15 is 0 Å². The molecule has 5 nitrogen and oxygen atoms in total. The lowest BCUT2D eigenvalue weighted by Crippen LogP contribution is -2.36. The molecule has 3 aromatic rings. The number of oxime groups is 1. The first-order chi connectivity index (χ1) is 17.7. The molecule has 0 N–H and O–H groups in total. The maximum absolute atomic E-state index is 13.6.